The molecule has 0 saturated carbocycles. The predicted molar refractivity (Wildman–Crippen MR) is 96.5 cm³/mol. The molecule has 0 spiro atoms. The lowest BCUT2D eigenvalue weighted by Crippen LogP contribution is -2.41. The molecule has 1 aromatic carbocycles. The number of likely N-dealkylation sites (tertiary alicyclic amines) is 1. The SMILES string of the molecule is Cc1cccc(OC(C)C(=O)NCC(c2ccco2)N2CCCC2)c1. The van der Waals surface area contributed by atoms with E-state index in [9.17, 15) is 4.79 Å². The molecule has 134 valence electrons. The highest BCUT2D eigenvalue weighted by atomic mass is 16.5. The lowest BCUT2D eigenvalue weighted by Gasteiger charge is -2.26. The third-order valence-corrected chi connectivity index (χ3v) is 4.59. The molecule has 2 heterocycles. The number of hydrogen-bond donors (Lipinski definition) is 1. The predicted octanol–water partition coefficient (Wildman–Crippen LogP) is 3.31. The van der Waals surface area contributed by atoms with Crippen LogP contribution in [0.3, 0.4) is 0 Å². The van der Waals surface area contributed by atoms with Gasteiger partial charge in [-0.1, -0.05) is 12.1 Å². The third kappa shape index (κ3) is 4.63. The summed E-state index contributed by atoms with van der Waals surface area (Å²) in [5.74, 6) is 1.50. The Kier molecular flexibility index (Phi) is 5.76. The van der Waals surface area contributed by atoms with Crippen molar-refractivity contribution in [1.82, 2.24) is 10.2 Å². The summed E-state index contributed by atoms with van der Waals surface area (Å²) in [5.41, 5.74) is 1.11. The largest absolute Gasteiger partial charge is 0.481 e. The first-order chi connectivity index (χ1) is 12.1. The van der Waals surface area contributed by atoms with Crippen molar-refractivity contribution < 1.29 is 13.9 Å². The Bertz CT molecular complexity index is 678. The number of hydrogen-bond acceptors (Lipinski definition) is 4. The van der Waals surface area contributed by atoms with Crippen LogP contribution in [-0.2, 0) is 4.79 Å². The molecule has 1 aromatic heterocycles. The zero-order valence-electron chi connectivity index (χ0n) is 14.9. The highest BCUT2D eigenvalue weighted by Crippen LogP contribution is 2.25. The van der Waals surface area contributed by atoms with Gasteiger partial charge in [-0.05, 0) is 69.6 Å². The Morgan fingerprint density at radius 2 is 2.08 bits per heavy atom. The Morgan fingerprint density at radius 3 is 2.76 bits per heavy atom. The Labute approximate surface area is 149 Å². The molecule has 2 aromatic rings. The van der Waals surface area contributed by atoms with E-state index in [1.54, 1.807) is 13.2 Å². The van der Waals surface area contributed by atoms with E-state index < -0.39 is 6.10 Å². The Hall–Kier alpha value is -2.27. The first kappa shape index (κ1) is 17.5. The molecule has 1 amide bonds. The molecule has 5 nitrogen and oxygen atoms in total. The van der Waals surface area contributed by atoms with Gasteiger partial charge in [0.05, 0.1) is 12.3 Å². The molecular formula is C20H26N2O3. The summed E-state index contributed by atoms with van der Waals surface area (Å²) in [6.07, 6.45) is 3.53. The van der Waals surface area contributed by atoms with E-state index in [0.29, 0.717) is 12.3 Å². The zero-order valence-corrected chi connectivity index (χ0v) is 14.9. The van der Waals surface area contributed by atoms with Gasteiger partial charge in [0.25, 0.3) is 5.91 Å². The van der Waals surface area contributed by atoms with Crippen LogP contribution < -0.4 is 10.1 Å². The van der Waals surface area contributed by atoms with Gasteiger partial charge in [-0.15, -0.1) is 0 Å². The van der Waals surface area contributed by atoms with Gasteiger partial charge in [0.15, 0.2) is 6.10 Å². The minimum Gasteiger partial charge on any atom is -0.481 e. The number of nitrogens with one attached hydrogen (secondary N) is 1. The molecule has 5 heteroatoms. The van der Waals surface area contributed by atoms with Crippen molar-refractivity contribution in [3.8, 4) is 5.75 Å². The fourth-order valence-corrected chi connectivity index (χ4v) is 3.23. The number of benzene rings is 1. The molecule has 1 aliphatic rings. The highest BCUT2D eigenvalue weighted by Gasteiger charge is 2.26. The monoisotopic (exact) mass is 342 g/mol. The number of carbonyl (C=O) groups is 1. The average molecular weight is 342 g/mol. The molecular weight excluding hydrogens is 316 g/mol. The first-order valence-electron chi connectivity index (χ1n) is 8.92. The topological polar surface area (TPSA) is 54.7 Å². The minimum atomic E-state index is -0.544. The molecule has 25 heavy (non-hydrogen) atoms. The molecule has 0 radical (unpaired) electrons. The molecule has 0 bridgehead atoms. The normalized spacial score (nSPS) is 17.2. The zero-order chi connectivity index (χ0) is 17.6. The van der Waals surface area contributed by atoms with Crippen LogP contribution in [0.15, 0.2) is 47.1 Å². The van der Waals surface area contributed by atoms with Crippen LogP contribution in [0, 0.1) is 6.92 Å². The summed E-state index contributed by atoms with van der Waals surface area (Å²) >= 11 is 0. The highest BCUT2D eigenvalue weighted by molar-refractivity contribution is 5.80. The maximum absolute atomic E-state index is 12.4. The summed E-state index contributed by atoms with van der Waals surface area (Å²) in [5, 5.41) is 3.02. The van der Waals surface area contributed by atoms with E-state index in [2.05, 4.69) is 10.2 Å². The van der Waals surface area contributed by atoms with E-state index in [0.717, 1.165) is 24.4 Å². The van der Waals surface area contributed by atoms with Crippen molar-refractivity contribution in [1.29, 1.82) is 0 Å². The van der Waals surface area contributed by atoms with Crippen molar-refractivity contribution in [2.24, 2.45) is 0 Å². The lowest BCUT2D eigenvalue weighted by molar-refractivity contribution is -0.127. The van der Waals surface area contributed by atoms with Crippen LogP contribution in [-0.4, -0.2) is 36.5 Å². The standard InChI is InChI=1S/C20H26N2O3/c1-15-7-5-8-17(13-15)25-16(2)20(23)21-14-18(19-9-6-12-24-19)22-10-3-4-11-22/h5-9,12-13,16,18H,3-4,10-11,14H2,1-2H3,(H,21,23). The van der Waals surface area contributed by atoms with Gasteiger partial charge >= 0.3 is 0 Å². The molecule has 1 fully saturated rings. The number of aryl methyl sites for hydroxylation is 1. The van der Waals surface area contributed by atoms with Crippen LogP contribution >= 0.6 is 0 Å². The van der Waals surface area contributed by atoms with Gasteiger partial charge in [-0.2, -0.15) is 0 Å². The van der Waals surface area contributed by atoms with Crippen molar-refractivity contribution in [2.45, 2.75) is 38.8 Å². The Morgan fingerprint density at radius 1 is 1.28 bits per heavy atom. The van der Waals surface area contributed by atoms with Gasteiger partial charge < -0.3 is 14.5 Å². The second-order valence-corrected chi connectivity index (χ2v) is 6.60. The van der Waals surface area contributed by atoms with Crippen LogP contribution in [0.2, 0.25) is 0 Å². The van der Waals surface area contributed by atoms with Crippen LogP contribution in [0.4, 0.5) is 0 Å². The summed E-state index contributed by atoms with van der Waals surface area (Å²) in [6.45, 7) is 6.37. The molecule has 1 saturated heterocycles. The summed E-state index contributed by atoms with van der Waals surface area (Å²) < 4.78 is 11.3. The van der Waals surface area contributed by atoms with Gasteiger partial charge in [0.2, 0.25) is 0 Å². The number of rotatable bonds is 7. The number of furan rings is 1. The van der Waals surface area contributed by atoms with Gasteiger partial charge in [0, 0.05) is 6.54 Å². The maximum Gasteiger partial charge on any atom is 0.260 e. The summed E-state index contributed by atoms with van der Waals surface area (Å²) in [6, 6.07) is 11.7. The van der Waals surface area contributed by atoms with E-state index >= 15 is 0 Å². The number of amides is 1. The Balaban J connectivity index is 1.57. The summed E-state index contributed by atoms with van der Waals surface area (Å²) in [7, 11) is 0. The molecule has 2 unspecified atom stereocenters. The molecule has 3 rings (SSSR count). The smallest absolute Gasteiger partial charge is 0.260 e. The van der Waals surface area contributed by atoms with Gasteiger partial charge in [-0.3, -0.25) is 9.69 Å². The van der Waals surface area contributed by atoms with E-state index in [-0.39, 0.29) is 11.9 Å². The fourth-order valence-electron chi connectivity index (χ4n) is 3.23. The van der Waals surface area contributed by atoms with Crippen molar-refractivity contribution in [2.75, 3.05) is 19.6 Å². The quantitative estimate of drug-likeness (QED) is 0.839. The second-order valence-electron chi connectivity index (χ2n) is 6.60. The van der Waals surface area contributed by atoms with Crippen LogP contribution in [0.5, 0.6) is 5.75 Å². The van der Waals surface area contributed by atoms with Gasteiger partial charge in [0.1, 0.15) is 11.5 Å². The average Bonchev–Trinajstić information content (AvgIpc) is 3.29. The van der Waals surface area contributed by atoms with Crippen LogP contribution in [0.1, 0.15) is 37.1 Å². The molecule has 1 aliphatic heterocycles. The number of carbonyl (C=O) groups excluding carboxylic acids is 1. The lowest BCUT2D eigenvalue weighted by atomic mass is 10.2. The molecule has 1 N–H and O–H groups in total. The minimum absolute atomic E-state index is 0.0765. The summed E-state index contributed by atoms with van der Waals surface area (Å²) in [4.78, 5) is 14.8. The molecule has 2 atom stereocenters. The van der Waals surface area contributed by atoms with E-state index in [4.69, 9.17) is 9.15 Å². The number of ether oxygens (including phenoxy) is 1. The van der Waals surface area contributed by atoms with Crippen molar-refractivity contribution in [3.63, 3.8) is 0 Å². The first-order valence-corrected chi connectivity index (χ1v) is 8.92. The second kappa shape index (κ2) is 8.21. The van der Waals surface area contributed by atoms with Crippen molar-refractivity contribution in [3.05, 3.63) is 54.0 Å². The van der Waals surface area contributed by atoms with Crippen molar-refractivity contribution >= 4 is 5.91 Å². The van der Waals surface area contributed by atoms with E-state index in [1.807, 2.05) is 43.3 Å². The van der Waals surface area contributed by atoms with Crippen LogP contribution in [0.25, 0.3) is 0 Å². The third-order valence-electron chi connectivity index (χ3n) is 4.59. The maximum atomic E-state index is 12.4. The molecule has 0 aliphatic carbocycles. The number of nitrogens with zero attached hydrogens (tertiary/aromatic N) is 1. The van der Waals surface area contributed by atoms with Gasteiger partial charge in [-0.25, -0.2) is 0 Å². The van der Waals surface area contributed by atoms with E-state index in [1.165, 1.54) is 12.8 Å². The fraction of sp³-hybridized carbons (Fsp3) is 0.450.